The Morgan fingerprint density at radius 1 is 1.08 bits per heavy atom. The minimum Gasteiger partial charge on any atom is -0.494 e. The van der Waals surface area contributed by atoms with E-state index in [9.17, 15) is 9.59 Å². The maximum absolute atomic E-state index is 13.5. The van der Waals surface area contributed by atoms with Crippen LogP contribution in [0.2, 0.25) is 0 Å². The molecule has 1 aliphatic rings. The minimum absolute atomic E-state index is 0.276. The first-order valence-corrected chi connectivity index (χ1v) is 13.5. The van der Waals surface area contributed by atoms with E-state index in [2.05, 4.69) is 11.4 Å². The van der Waals surface area contributed by atoms with Crippen molar-refractivity contribution in [2.45, 2.75) is 39.2 Å². The Labute approximate surface area is 226 Å². The first-order valence-electron chi connectivity index (χ1n) is 12.7. The van der Waals surface area contributed by atoms with Crippen LogP contribution < -0.4 is 20.7 Å². The second-order valence-corrected chi connectivity index (χ2v) is 10.3. The van der Waals surface area contributed by atoms with Gasteiger partial charge in [0.1, 0.15) is 10.6 Å². The van der Waals surface area contributed by atoms with Crippen molar-refractivity contribution >= 4 is 34.1 Å². The van der Waals surface area contributed by atoms with Gasteiger partial charge in [0, 0.05) is 12.1 Å². The highest BCUT2D eigenvalue weighted by Gasteiger charge is 2.29. The molecule has 0 bridgehead atoms. The van der Waals surface area contributed by atoms with E-state index in [1.54, 1.807) is 0 Å². The third-order valence-corrected chi connectivity index (χ3v) is 7.51. The number of ether oxygens (including phenoxy) is 1. The second kappa shape index (κ2) is 11.1. The molecule has 0 unspecified atom stereocenters. The van der Waals surface area contributed by atoms with Crippen molar-refractivity contribution in [3.63, 3.8) is 0 Å². The zero-order valence-electron chi connectivity index (χ0n) is 21.4. The molecule has 3 amide bonds. The van der Waals surface area contributed by atoms with Gasteiger partial charge in [0.2, 0.25) is 0 Å². The Hall–Kier alpha value is -4.17. The van der Waals surface area contributed by atoms with Crippen LogP contribution in [0.1, 0.15) is 52.0 Å². The Morgan fingerprint density at radius 2 is 1.87 bits per heavy atom. The lowest BCUT2D eigenvalue weighted by Crippen LogP contribution is -2.32. The summed E-state index contributed by atoms with van der Waals surface area (Å²) in [4.78, 5) is 32.9. The number of carbonyl (C=O) groups is 2. The van der Waals surface area contributed by atoms with Gasteiger partial charge < -0.3 is 15.8 Å². The van der Waals surface area contributed by atoms with Crippen molar-refractivity contribution in [1.29, 1.82) is 0 Å². The number of hydrogen-bond acceptors (Lipinski definition) is 5. The average Bonchev–Trinajstić information content (AvgIpc) is 3.68. The summed E-state index contributed by atoms with van der Waals surface area (Å²) in [5.74, 6) is 0.911. The van der Waals surface area contributed by atoms with Gasteiger partial charge in [-0.2, -0.15) is 0 Å². The van der Waals surface area contributed by atoms with E-state index in [4.69, 9.17) is 15.5 Å². The zero-order valence-corrected chi connectivity index (χ0v) is 22.3. The smallest absolute Gasteiger partial charge is 0.325 e. The zero-order chi connectivity index (χ0) is 26.6. The summed E-state index contributed by atoms with van der Waals surface area (Å²) in [6, 6.07) is 22.6. The molecule has 0 saturated heterocycles. The highest BCUT2D eigenvalue weighted by molar-refractivity contribution is 7.18. The minimum atomic E-state index is -0.652. The third kappa shape index (κ3) is 5.55. The lowest BCUT2D eigenvalue weighted by atomic mass is 10.1. The monoisotopic (exact) mass is 526 g/mol. The van der Waals surface area contributed by atoms with Crippen molar-refractivity contribution in [3.05, 3.63) is 94.4 Å². The van der Waals surface area contributed by atoms with E-state index in [0.717, 1.165) is 40.9 Å². The first-order chi connectivity index (χ1) is 18.4. The number of nitrogens with one attached hydrogen (secondary N) is 1. The van der Waals surface area contributed by atoms with Crippen molar-refractivity contribution in [3.8, 4) is 17.0 Å². The molecule has 1 aromatic heterocycles. The standard InChI is InChI=1S/C30H30N4O3S/c1-3-37-24-11-7-10-23(16-24)26-27(28(35)32-18-20-8-5-4-6-9-20)38-30(33-26)34(29(31)36)25-17-22(21-14-15-21)13-12-19(25)2/h4-13,16-17,21H,3,14-15,18H2,1-2H3,(H2,31,36)(H,32,35). The number of amides is 3. The quantitative estimate of drug-likeness (QED) is 0.259. The Bertz CT molecular complexity index is 1460. The average molecular weight is 527 g/mol. The highest BCUT2D eigenvalue weighted by atomic mass is 32.1. The maximum atomic E-state index is 13.5. The molecule has 1 fully saturated rings. The van der Waals surface area contributed by atoms with Gasteiger partial charge in [0.15, 0.2) is 5.13 Å². The largest absolute Gasteiger partial charge is 0.494 e. The SMILES string of the molecule is CCOc1cccc(-c2nc(N(C(N)=O)c3cc(C4CC4)ccc3C)sc2C(=O)NCc2ccccc2)c1. The molecule has 3 aromatic carbocycles. The topological polar surface area (TPSA) is 97.5 Å². The number of primary amides is 1. The normalized spacial score (nSPS) is 12.7. The molecule has 1 aliphatic carbocycles. The predicted molar refractivity (Wildman–Crippen MR) is 151 cm³/mol. The number of nitrogens with zero attached hydrogens (tertiary/aromatic N) is 2. The van der Waals surface area contributed by atoms with E-state index in [-0.39, 0.29) is 5.91 Å². The molecule has 3 N–H and O–H groups in total. The molecule has 4 aromatic rings. The van der Waals surface area contributed by atoms with Gasteiger partial charge in [0.25, 0.3) is 5.91 Å². The summed E-state index contributed by atoms with van der Waals surface area (Å²) in [5, 5.41) is 3.34. The van der Waals surface area contributed by atoms with Crippen LogP contribution in [-0.4, -0.2) is 23.5 Å². The van der Waals surface area contributed by atoms with Crippen LogP contribution in [0, 0.1) is 6.92 Å². The number of nitrogens with two attached hydrogens (primary N) is 1. The van der Waals surface area contributed by atoms with E-state index < -0.39 is 6.03 Å². The number of hydrogen-bond donors (Lipinski definition) is 2. The lowest BCUT2D eigenvalue weighted by Gasteiger charge is -2.20. The number of carbonyl (C=O) groups excluding carboxylic acids is 2. The summed E-state index contributed by atoms with van der Waals surface area (Å²) in [5.41, 5.74) is 10.9. The molecule has 7 nitrogen and oxygen atoms in total. The molecule has 38 heavy (non-hydrogen) atoms. The predicted octanol–water partition coefficient (Wildman–Crippen LogP) is 6.54. The molecular formula is C30H30N4O3S. The van der Waals surface area contributed by atoms with Crippen LogP contribution in [0.5, 0.6) is 5.75 Å². The number of benzene rings is 3. The fourth-order valence-corrected chi connectivity index (χ4v) is 5.39. The third-order valence-electron chi connectivity index (χ3n) is 6.47. The molecule has 0 aliphatic heterocycles. The highest BCUT2D eigenvalue weighted by Crippen LogP contribution is 2.43. The molecule has 8 heteroatoms. The van der Waals surface area contributed by atoms with Crippen LogP contribution >= 0.6 is 11.3 Å². The molecule has 194 valence electrons. The Kier molecular flexibility index (Phi) is 7.42. The van der Waals surface area contributed by atoms with Crippen LogP contribution in [0.4, 0.5) is 15.6 Å². The summed E-state index contributed by atoms with van der Waals surface area (Å²) in [6.45, 7) is 4.74. The van der Waals surface area contributed by atoms with Crippen molar-refractivity contribution in [1.82, 2.24) is 10.3 Å². The van der Waals surface area contributed by atoms with Gasteiger partial charge in [-0.15, -0.1) is 0 Å². The number of urea groups is 1. The van der Waals surface area contributed by atoms with Crippen LogP contribution in [0.15, 0.2) is 72.8 Å². The van der Waals surface area contributed by atoms with Crippen molar-refractivity contribution in [2.24, 2.45) is 5.73 Å². The molecule has 0 spiro atoms. The summed E-state index contributed by atoms with van der Waals surface area (Å²) < 4.78 is 5.68. The molecule has 1 saturated carbocycles. The van der Waals surface area contributed by atoms with Gasteiger partial charge >= 0.3 is 6.03 Å². The number of rotatable bonds is 9. The fraction of sp³-hybridized carbons (Fsp3) is 0.233. The van der Waals surface area contributed by atoms with Gasteiger partial charge in [0.05, 0.1) is 18.0 Å². The fourth-order valence-electron chi connectivity index (χ4n) is 4.37. The number of anilines is 2. The summed E-state index contributed by atoms with van der Waals surface area (Å²) >= 11 is 1.15. The van der Waals surface area contributed by atoms with Gasteiger partial charge in [-0.1, -0.05) is 65.9 Å². The Morgan fingerprint density at radius 3 is 2.58 bits per heavy atom. The van der Waals surface area contributed by atoms with Crippen LogP contribution in [0.25, 0.3) is 11.3 Å². The molecule has 0 radical (unpaired) electrons. The first kappa shape index (κ1) is 25.5. The molecule has 1 heterocycles. The van der Waals surface area contributed by atoms with Crippen molar-refractivity contribution in [2.75, 3.05) is 11.5 Å². The number of aromatic nitrogens is 1. The van der Waals surface area contributed by atoms with Gasteiger partial charge in [-0.3, -0.25) is 4.79 Å². The Balaban J connectivity index is 1.57. The van der Waals surface area contributed by atoms with Gasteiger partial charge in [-0.25, -0.2) is 14.7 Å². The van der Waals surface area contributed by atoms with Crippen LogP contribution in [-0.2, 0) is 6.54 Å². The summed E-state index contributed by atoms with van der Waals surface area (Å²) in [7, 11) is 0. The van der Waals surface area contributed by atoms with E-state index in [0.29, 0.717) is 46.2 Å². The van der Waals surface area contributed by atoms with Crippen LogP contribution in [0.3, 0.4) is 0 Å². The second-order valence-electron chi connectivity index (χ2n) is 9.30. The summed E-state index contributed by atoms with van der Waals surface area (Å²) in [6.07, 6.45) is 2.28. The maximum Gasteiger partial charge on any atom is 0.325 e. The number of aryl methyl sites for hydroxylation is 1. The number of thiazole rings is 1. The molecule has 5 rings (SSSR count). The van der Waals surface area contributed by atoms with E-state index in [1.807, 2.05) is 80.6 Å². The molecule has 0 atom stereocenters. The van der Waals surface area contributed by atoms with Crippen molar-refractivity contribution < 1.29 is 14.3 Å². The lowest BCUT2D eigenvalue weighted by molar-refractivity contribution is 0.0955. The van der Waals surface area contributed by atoms with E-state index in [1.165, 1.54) is 10.5 Å². The van der Waals surface area contributed by atoms with E-state index >= 15 is 0 Å². The molecular weight excluding hydrogens is 496 g/mol. The van der Waals surface area contributed by atoms with Gasteiger partial charge in [-0.05, 0) is 67.5 Å².